The predicted octanol–water partition coefficient (Wildman–Crippen LogP) is 2.10. The number of nitrogens with one attached hydrogen (secondary N) is 3. The molecule has 8 heteroatoms. The number of amides is 1. The first-order chi connectivity index (χ1) is 13.0. The number of aromatic amines is 2. The molecule has 0 bridgehead atoms. The summed E-state index contributed by atoms with van der Waals surface area (Å²) in [5, 5.41) is 10.6. The summed E-state index contributed by atoms with van der Waals surface area (Å²) < 4.78 is 13.6. The summed E-state index contributed by atoms with van der Waals surface area (Å²) in [4.78, 5) is 29.4. The first kappa shape index (κ1) is 17.3. The van der Waals surface area contributed by atoms with Crippen LogP contribution in [0.1, 0.15) is 28.9 Å². The zero-order valence-corrected chi connectivity index (χ0v) is 14.9. The van der Waals surface area contributed by atoms with Crippen molar-refractivity contribution in [2.45, 2.75) is 25.8 Å². The van der Waals surface area contributed by atoms with Crippen molar-refractivity contribution in [2.24, 2.45) is 0 Å². The maximum atomic E-state index is 13.6. The van der Waals surface area contributed by atoms with E-state index in [0.29, 0.717) is 10.9 Å². The number of pyridine rings is 1. The standard InChI is InChI=1S/C19H20FN5O2/c1-11-8-17(24-23-11)25-6-4-13(5-7-25)21-19(27)15-10-18(26)22-16-3-2-12(20)9-14(15)16/h2-3,8-10,13H,4-7H2,1H3,(H,21,27)(H,22,26)(H,23,24). The van der Waals surface area contributed by atoms with Crippen LogP contribution in [-0.4, -0.2) is 40.2 Å². The number of anilines is 1. The largest absolute Gasteiger partial charge is 0.355 e. The Kier molecular flexibility index (Phi) is 4.39. The van der Waals surface area contributed by atoms with Crippen LogP contribution in [0.15, 0.2) is 35.1 Å². The zero-order valence-electron chi connectivity index (χ0n) is 14.9. The molecule has 3 aromatic rings. The summed E-state index contributed by atoms with van der Waals surface area (Å²) in [5.74, 6) is 0.102. The van der Waals surface area contributed by atoms with Gasteiger partial charge in [-0.1, -0.05) is 0 Å². The lowest BCUT2D eigenvalue weighted by Gasteiger charge is -2.32. The molecular weight excluding hydrogens is 349 g/mol. The van der Waals surface area contributed by atoms with Gasteiger partial charge in [-0.15, -0.1) is 0 Å². The Bertz CT molecular complexity index is 1050. The predicted molar refractivity (Wildman–Crippen MR) is 101 cm³/mol. The third-order valence-corrected chi connectivity index (χ3v) is 4.90. The van der Waals surface area contributed by atoms with Crippen molar-refractivity contribution in [2.75, 3.05) is 18.0 Å². The van der Waals surface area contributed by atoms with Crippen molar-refractivity contribution in [1.29, 1.82) is 0 Å². The second-order valence-corrected chi connectivity index (χ2v) is 6.88. The van der Waals surface area contributed by atoms with Gasteiger partial charge in [0.1, 0.15) is 5.82 Å². The molecular formula is C19H20FN5O2. The van der Waals surface area contributed by atoms with E-state index in [0.717, 1.165) is 37.4 Å². The first-order valence-corrected chi connectivity index (χ1v) is 8.90. The number of rotatable bonds is 3. The van der Waals surface area contributed by atoms with Gasteiger partial charge >= 0.3 is 0 Å². The Labute approximate surface area is 154 Å². The number of hydrogen-bond acceptors (Lipinski definition) is 4. The molecule has 2 aromatic heterocycles. The molecule has 3 heterocycles. The lowest BCUT2D eigenvalue weighted by molar-refractivity contribution is 0.0932. The van der Waals surface area contributed by atoms with Crippen LogP contribution in [0.4, 0.5) is 10.2 Å². The van der Waals surface area contributed by atoms with Crippen LogP contribution in [0.5, 0.6) is 0 Å². The fourth-order valence-corrected chi connectivity index (χ4v) is 3.50. The number of piperidine rings is 1. The molecule has 0 radical (unpaired) electrons. The minimum atomic E-state index is -0.453. The van der Waals surface area contributed by atoms with Crippen LogP contribution in [0, 0.1) is 12.7 Å². The van der Waals surface area contributed by atoms with Gasteiger partial charge in [0.05, 0.1) is 5.56 Å². The minimum Gasteiger partial charge on any atom is -0.355 e. The fourth-order valence-electron chi connectivity index (χ4n) is 3.50. The first-order valence-electron chi connectivity index (χ1n) is 8.90. The number of H-pyrrole nitrogens is 2. The second-order valence-electron chi connectivity index (χ2n) is 6.88. The van der Waals surface area contributed by atoms with Crippen LogP contribution in [0.25, 0.3) is 10.9 Å². The topological polar surface area (TPSA) is 93.9 Å². The summed E-state index contributed by atoms with van der Waals surface area (Å²) in [5.41, 5.74) is 1.26. The summed E-state index contributed by atoms with van der Waals surface area (Å²) >= 11 is 0. The molecule has 0 spiro atoms. The molecule has 1 fully saturated rings. The number of hydrogen-bond donors (Lipinski definition) is 3. The molecule has 1 aliphatic heterocycles. The molecule has 1 aliphatic rings. The monoisotopic (exact) mass is 369 g/mol. The van der Waals surface area contributed by atoms with Crippen LogP contribution in [0.3, 0.4) is 0 Å². The SMILES string of the molecule is Cc1cc(N2CCC(NC(=O)c3cc(=O)[nH]c4ccc(F)cc34)CC2)n[nH]1. The van der Waals surface area contributed by atoms with E-state index in [2.05, 4.69) is 25.4 Å². The molecule has 27 heavy (non-hydrogen) atoms. The van der Waals surface area contributed by atoms with Crippen LogP contribution in [-0.2, 0) is 0 Å². The van der Waals surface area contributed by atoms with Crippen LogP contribution >= 0.6 is 0 Å². The Morgan fingerprint density at radius 2 is 2.04 bits per heavy atom. The number of nitrogens with zero attached hydrogens (tertiary/aromatic N) is 2. The molecule has 140 valence electrons. The molecule has 1 aromatic carbocycles. The highest BCUT2D eigenvalue weighted by Crippen LogP contribution is 2.20. The summed E-state index contributed by atoms with van der Waals surface area (Å²) in [6, 6.07) is 7.20. The Morgan fingerprint density at radius 3 is 2.74 bits per heavy atom. The maximum Gasteiger partial charge on any atom is 0.252 e. The van der Waals surface area contributed by atoms with Crippen LogP contribution in [0.2, 0.25) is 0 Å². The molecule has 1 amide bonds. The molecule has 0 unspecified atom stereocenters. The average Bonchev–Trinajstić information content (AvgIpc) is 3.08. The quantitative estimate of drug-likeness (QED) is 0.659. The van der Waals surface area contributed by atoms with E-state index in [1.165, 1.54) is 24.3 Å². The number of aromatic nitrogens is 3. The number of carbonyl (C=O) groups is 1. The van der Waals surface area contributed by atoms with Gasteiger partial charge < -0.3 is 15.2 Å². The van der Waals surface area contributed by atoms with E-state index >= 15 is 0 Å². The summed E-state index contributed by atoms with van der Waals surface area (Å²) in [6.07, 6.45) is 1.54. The Hall–Kier alpha value is -3.16. The number of aryl methyl sites for hydroxylation is 1. The fraction of sp³-hybridized carbons (Fsp3) is 0.316. The average molecular weight is 369 g/mol. The summed E-state index contributed by atoms with van der Waals surface area (Å²) in [6.45, 7) is 3.51. The van der Waals surface area contributed by atoms with Gasteiger partial charge in [-0.3, -0.25) is 14.7 Å². The second kappa shape index (κ2) is 6.86. The van der Waals surface area contributed by atoms with Gasteiger partial charge in [-0.05, 0) is 38.0 Å². The highest BCUT2D eigenvalue weighted by atomic mass is 19.1. The molecule has 0 saturated carbocycles. The molecule has 3 N–H and O–H groups in total. The Morgan fingerprint density at radius 1 is 1.26 bits per heavy atom. The number of carbonyl (C=O) groups excluding carboxylic acids is 1. The van der Waals surface area contributed by atoms with E-state index in [4.69, 9.17) is 0 Å². The van der Waals surface area contributed by atoms with Crippen molar-refractivity contribution >= 4 is 22.6 Å². The van der Waals surface area contributed by atoms with Gasteiger partial charge in [-0.2, -0.15) is 5.10 Å². The van der Waals surface area contributed by atoms with Crippen molar-refractivity contribution in [3.05, 3.63) is 57.8 Å². The highest BCUT2D eigenvalue weighted by Gasteiger charge is 2.23. The zero-order chi connectivity index (χ0) is 19.0. The molecule has 7 nitrogen and oxygen atoms in total. The smallest absolute Gasteiger partial charge is 0.252 e. The van der Waals surface area contributed by atoms with E-state index < -0.39 is 5.82 Å². The highest BCUT2D eigenvalue weighted by molar-refractivity contribution is 6.06. The lowest BCUT2D eigenvalue weighted by Crippen LogP contribution is -2.45. The lowest BCUT2D eigenvalue weighted by atomic mass is 10.0. The molecule has 1 saturated heterocycles. The van der Waals surface area contributed by atoms with Crippen molar-refractivity contribution in [1.82, 2.24) is 20.5 Å². The maximum absolute atomic E-state index is 13.6. The van der Waals surface area contributed by atoms with Gasteiger partial charge in [0.25, 0.3) is 5.91 Å². The van der Waals surface area contributed by atoms with Crippen molar-refractivity contribution in [3.63, 3.8) is 0 Å². The van der Waals surface area contributed by atoms with Crippen molar-refractivity contribution < 1.29 is 9.18 Å². The third kappa shape index (κ3) is 3.55. The summed E-state index contributed by atoms with van der Waals surface area (Å²) in [7, 11) is 0. The van der Waals surface area contributed by atoms with E-state index in [1.807, 2.05) is 13.0 Å². The normalized spacial score (nSPS) is 15.3. The van der Waals surface area contributed by atoms with E-state index in [1.54, 1.807) is 0 Å². The van der Waals surface area contributed by atoms with Gasteiger partial charge in [0, 0.05) is 47.9 Å². The molecule has 0 aliphatic carbocycles. The van der Waals surface area contributed by atoms with Gasteiger partial charge in [-0.25, -0.2) is 4.39 Å². The Balaban J connectivity index is 1.48. The number of fused-ring (bicyclic) bond motifs is 1. The molecule has 0 atom stereocenters. The van der Waals surface area contributed by atoms with Crippen molar-refractivity contribution in [3.8, 4) is 0 Å². The van der Waals surface area contributed by atoms with Gasteiger partial charge in [0.2, 0.25) is 5.56 Å². The van der Waals surface area contributed by atoms with Gasteiger partial charge in [0.15, 0.2) is 5.82 Å². The van der Waals surface area contributed by atoms with E-state index in [-0.39, 0.29) is 23.1 Å². The third-order valence-electron chi connectivity index (χ3n) is 4.90. The van der Waals surface area contributed by atoms with E-state index in [9.17, 15) is 14.0 Å². The van der Waals surface area contributed by atoms with Crippen LogP contribution < -0.4 is 15.8 Å². The number of benzene rings is 1. The number of halogens is 1. The minimum absolute atomic E-state index is 0.00307. The molecule has 4 rings (SSSR count).